The first-order chi connectivity index (χ1) is 9.69. The van der Waals surface area contributed by atoms with Crippen molar-refractivity contribution in [3.63, 3.8) is 0 Å². The molecule has 1 aromatic heterocycles. The van der Waals surface area contributed by atoms with Crippen molar-refractivity contribution in [3.05, 3.63) is 43.7 Å². The van der Waals surface area contributed by atoms with Gasteiger partial charge < -0.3 is 9.47 Å². The molecule has 4 nitrogen and oxygen atoms in total. The molecule has 0 amide bonds. The summed E-state index contributed by atoms with van der Waals surface area (Å²) >= 11 is 3.64. The number of Topliss-reactive ketones (excluding diaryl/α,β-unsaturated/α-hetero) is 1. The standard InChI is InChI=1S/C14H8INO3S/c15-13-4-9(6-20-13)14(17)10(5-16)8-1-2-11-12(3-8)19-7-18-11/h1-4,6,10H,7H2. The van der Waals surface area contributed by atoms with Gasteiger partial charge in [0.15, 0.2) is 17.3 Å². The highest BCUT2D eigenvalue weighted by atomic mass is 127. The molecule has 0 fully saturated rings. The van der Waals surface area contributed by atoms with E-state index in [1.807, 2.05) is 0 Å². The van der Waals surface area contributed by atoms with Crippen LogP contribution < -0.4 is 9.47 Å². The molecule has 6 heteroatoms. The van der Waals surface area contributed by atoms with Gasteiger partial charge in [0, 0.05) is 10.9 Å². The van der Waals surface area contributed by atoms with Crippen molar-refractivity contribution in [2.24, 2.45) is 0 Å². The van der Waals surface area contributed by atoms with Crippen LogP contribution in [-0.4, -0.2) is 12.6 Å². The fourth-order valence-electron chi connectivity index (χ4n) is 1.98. The van der Waals surface area contributed by atoms with Gasteiger partial charge in [-0.1, -0.05) is 6.07 Å². The van der Waals surface area contributed by atoms with Crippen molar-refractivity contribution in [1.29, 1.82) is 5.26 Å². The van der Waals surface area contributed by atoms with E-state index < -0.39 is 5.92 Å². The molecule has 1 aromatic carbocycles. The van der Waals surface area contributed by atoms with Crippen LogP contribution in [0.1, 0.15) is 21.8 Å². The topological polar surface area (TPSA) is 59.3 Å². The van der Waals surface area contributed by atoms with Gasteiger partial charge in [0.25, 0.3) is 0 Å². The van der Waals surface area contributed by atoms with Gasteiger partial charge in [-0.05, 0) is 46.4 Å². The van der Waals surface area contributed by atoms with Gasteiger partial charge in [-0.15, -0.1) is 11.3 Å². The number of rotatable bonds is 3. The Balaban J connectivity index is 1.94. The van der Waals surface area contributed by atoms with Crippen LogP contribution in [0.25, 0.3) is 0 Å². The summed E-state index contributed by atoms with van der Waals surface area (Å²) in [7, 11) is 0. The van der Waals surface area contributed by atoms with Crippen molar-refractivity contribution in [2.75, 3.05) is 6.79 Å². The Morgan fingerprint density at radius 3 is 2.85 bits per heavy atom. The van der Waals surface area contributed by atoms with Gasteiger partial charge in [-0.25, -0.2) is 0 Å². The Kier molecular flexibility index (Phi) is 3.63. The number of carbonyl (C=O) groups excluding carboxylic acids is 1. The Hall–Kier alpha value is -1.59. The van der Waals surface area contributed by atoms with Gasteiger partial charge >= 0.3 is 0 Å². The van der Waals surface area contributed by atoms with Gasteiger partial charge in [0.05, 0.1) is 8.95 Å². The normalized spacial score (nSPS) is 13.8. The third-order valence-electron chi connectivity index (χ3n) is 2.97. The molecule has 100 valence electrons. The number of nitriles is 1. The molecule has 1 aliphatic rings. The lowest BCUT2D eigenvalue weighted by Gasteiger charge is -2.08. The third kappa shape index (κ3) is 2.39. The molecular weight excluding hydrogens is 389 g/mol. The minimum Gasteiger partial charge on any atom is -0.454 e. The molecule has 0 bridgehead atoms. The second-order valence-electron chi connectivity index (χ2n) is 4.18. The number of halogens is 1. The number of ketones is 1. The van der Waals surface area contributed by atoms with Crippen LogP contribution in [0.5, 0.6) is 11.5 Å². The second kappa shape index (κ2) is 5.42. The summed E-state index contributed by atoms with van der Waals surface area (Å²) in [4.78, 5) is 12.4. The molecule has 3 rings (SSSR count). The number of fused-ring (bicyclic) bond motifs is 1. The van der Waals surface area contributed by atoms with Gasteiger partial charge in [-0.3, -0.25) is 4.79 Å². The molecule has 0 radical (unpaired) electrons. The monoisotopic (exact) mass is 397 g/mol. The van der Waals surface area contributed by atoms with Gasteiger partial charge in [0.1, 0.15) is 5.92 Å². The molecule has 0 spiro atoms. The van der Waals surface area contributed by atoms with E-state index in [1.165, 1.54) is 11.3 Å². The van der Waals surface area contributed by atoms with Crippen molar-refractivity contribution < 1.29 is 14.3 Å². The summed E-state index contributed by atoms with van der Waals surface area (Å²) in [6, 6.07) is 9.03. The first kappa shape index (κ1) is 13.4. The predicted octanol–water partition coefficient (Wildman–Crippen LogP) is 3.57. The van der Waals surface area contributed by atoms with Crippen LogP contribution in [-0.2, 0) is 0 Å². The first-order valence-corrected chi connectivity index (χ1v) is 7.72. The van der Waals surface area contributed by atoms with Crippen LogP contribution >= 0.6 is 33.9 Å². The third-order valence-corrected chi connectivity index (χ3v) is 4.76. The van der Waals surface area contributed by atoms with Crippen molar-refractivity contribution in [3.8, 4) is 17.6 Å². The lowest BCUT2D eigenvalue weighted by Crippen LogP contribution is -2.10. The van der Waals surface area contributed by atoms with E-state index in [9.17, 15) is 10.1 Å². The maximum atomic E-state index is 12.4. The van der Waals surface area contributed by atoms with Crippen LogP contribution in [0.4, 0.5) is 0 Å². The zero-order valence-electron chi connectivity index (χ0n) is 10.1. The number of hydrogen-bond acceptors (Lipinski definition) is 5. The number of nitrogens with zero attached hydrogens (tertiary/aromatic N) is 1. The predicted molar refractivity (Wildman–Crippen MR) is 82.3 cm³/mol. The summed E-state index contributed by atoms with van der Waals surface area (Å²) < 4.78 is 11.5. The zero-order chi connectivity index (χ0) is 14.1. The highest BCUT2D eigenvalue weighted by Gasteiger charge is 2.25. The van der Waals surface area contributed by atoms with Crippen LogP contribution in [0.15, 0.2) is 29.6 Å². The highest BCUT2D eigenvalue weighted by molar-refractivity contribution is 14.1. The van der Waals surface area contributed by atoms with E-state index >= 15 is 0 Å². The number of benzene rings is 1. The average Bonchev–Trinajstić information content (AvgIpc) is 3.07. The second-order valence-corrected chi connectivity index (χ2v) is 6.98. The summed E-state index contributed by atoms with van der Waals surface area (Å²) in [6.07, 6.45) is 0. The van der Waals surface area contributed by atoms with E-state index in [4.69, 9.17) is 9.47 Å². The molecule has 0 N–H and O–H groups in total. The minimum absolute atomic E-state index is 0.173. The van der Waals surface area contributed by atoms with Crippen LogP contribution in [0.2, 0.25) is 0 Å². The Morgan fingerprint density at radius 2 is 2.15 bits per heavy atom. The molecule has 2 heterocycles. The Labute approximate surface area is 133 Å². The quantitative estimate of drug-likeness (QED) is 0.587. The Bertz CT molecular complexity index is 719. The molecule has 1 atom stereocenters. The lowest BCUT2D eigenvalue weighted by atomic mass is 9.93. The van der Waals surface area contributed by atoms with Gasteiger partial charge in [0.2, 0.25) is 6.79 Å². The number of ether oxygens (including phenoxy) is 2. The molecule has 1 aliphatic heterocycles. The molecule has 0 aliphatic carbocycles. The molecule has 2 aromatic rings. The molecule has 1 unspecified atom stereocenters. The van der Waals surface area contributed by atoms with Crippen molar-refractivity contribution >= 4 is 39.7 Å². The van der Waals surface area contributed by atoms with Crippen LogP contribution in [0.3, 0.4) is 0 Å². The van der Waals surface area contributed by atoms with E-state index in [1.54, 1.807) is 29.6 Å². The van der Waals surface area contributed by atoms with Crippen molar-refractivity contribution in [1.82, 2.24) is 0 Å². The first-order valence-electron chi connectivity index (χ1n) is 5.76. The van der Waals surface area contributed by atoms with Gasteiger partial charge in [-0.2, -0.15) is 5.26 Å². The Morgan fingerprint density at radius 1 is 1.35 bits per heavy atom. The maximum absolute atomic E-state index is 12.4. The number of thiophene rings is 1. The number of carbonyl (C=O) groups is 1. The molecule has 0 saturated heterocycles. The summed E-state index contributed by atoms with van der Waals surface area (Å²) in [5.74, 6) is 0.207. The highest BCUT2D eigenvalue weighted by Crippen LogP contribution is 2.35. The summed E-state index contributed by atoms with van der Waals surface area (Å²) in [5, 5.41) is 11.1. The zero-order valence-corrected chi connectivity index (χ0v) is 13.1. The maximum Gasteiger partial charge on any atom is 0.231 e. The lowest BCUT2D eigenvalue weighted by molar-refractivity contribution is 0.0979. The largest absolute Gasteiger partial charge is 0.454 e. The smallest absolute Gasteiger partial charge is 0.231 e. The summed E-state index contributed by atoms with van der Waals surface area (Å²) in [5.41, 5.74) is 1.20. The van der Waals surface area contributed by atoms with E-state index in [0.717, 1.165) is 2.88 Å². The molecule has 20 heavy (non-hydrogen) atoms. The minimum atomic E-state index is -0.824. The molecular formula is C14H8INO3S. The van der Waals surface area contributed by atoms with E-state index in [0.29, 0.717) is 22.6 Å². The summed E-state index contributed by atoms with van der Waals surface area (Å²) in [6.45, 7) is 0.173. The number of hydrogen-bond donors (Lipinski definition) is 0. The molecule has 0 saturated carbocycles. The van der Waals surface area contributed by atoms with Crippen LogP contribution in [0, 0.1) is 14.2 Å². The average molecular weight is 397 g/mol. The van der Waals surface area contributed by atoms with Crippen molar-refractivity contribution in [2.45, 2.75) is 5.92 Å². The SMILES string of the molecule is N#CC(C(=O)c1csc(I)c1)c1ccc2c(c1)OCO2. The fraction of sp³-hybridized carbons (Fsp3) is 0.143. The fourth-order valence-corrected chi connectivity index (χ4v) is 3.32. The van der Waals surface area contributed by atoms with E-state index in [-0.39, 0.29) is 12.6 Å². The van der Waals surface area contributed by atoms with E-state index in [2.05, 4.69) is 28.7 Å².